The van der Waals surface area contributed by atoms with E-state index in [1.165, 1.54) is 0 Å². The number of nitrogens with one attached hydrogen (secondary N) is 1. The quantitative estimate of drug-likeness (QED) is 0.827. The highest BCUT2D eigenvalue weighted by atomic mass is 35.5. The van der Waals surface area contributed by atoms with Gasteiger partial charge >= 0.3 is 0 Å². The van der Waals surface area contributed by atoms with Gasteiger partial charge in [-0.15, -0.1) is 13.2 Å². The minimum absolute atomic E-state index is 0.0295. The second-order valence-electron chi connectivity index (χ2n) is 4.99. The van der Waals surface area contributed by atoms with Gasteiger partial charge in [0.1, 0.15) is 0 Å². The molecule has 0 fully saturated rings. The molecule has 0 unspecified atom stereocenters. The lowest BCUT2D eigenvalue weighted by atomic mass is 10.1. The van der Waals surface area contributed by atoms with E-state index in [0.29, 0.717) is 35.6 Å². The number of halogens is 1. The zero-order valence-corrected chi connectivity index (χ0v) is 12.9. The van der Waals surface area contributed by atoms with E-state index in [9.17, 15) is 4.79 Å². The standard InChI is InChI=1S/C17H19ClN2O/c1-4-9-20(10-5-2)11-14-12(3)19-16-13(17(14)21)7-6-8-15(16)18/h4-8H,1-2,9-11H2,3H3,(H,19,21). The summed E-state index contributed by atoms with van der Waals surface area (Å²) in [5, 5.41) is 1.19. The first-order valence-corrected chi connectivity index (χ1v) is 7.20. The van der Waals surface area contributed by atoms with Crippen LogP contribution in [0.5, 0.6) is 0 Å². The zero-order chi connectivity index (χ0) is 15.4. The first-order valence-electron chi connectivity index (χ1n) is 6.82. The van der Waals surface area contributed by atoms with Gasteiger partial charge in [0.15, 0.2) is 5.43 Å². The highest BCUT2D eigenvalue weighted by Gasteiger charge is 2.13. The van der Waals surface area contributed by atoms with Crippen LogP contribution in [0.15, 0.2) is 48.3 Å². The van der Waals surface area contributed by atoms with E-state index in [0.717, 1.165) is 11.3 Å². The maximum absolute atomic E-state index is 12.7. The number of fused-ring (bicyclic) bond motifs is 1. The number of nitrogens with zero attached hydrogens (tertiary/aromatic N) is 1. The van der Waals surface area contributed by atoms with Crippen LogP contribution in [-0.4, -0.2) is 23.0 Å². The molecule has 110 valence electrons. The number of aromatic nitrogens is 1. The van der Waals surface area contributed by atoms with Crippen molar-refractivity contribution in [2.24, 2.45) is 0 Å². The fraction of sp³-hybridized carbons (Fsp3) is 0.235. The minimum Gasteiger partial charge on any atom is -0.357 e. The number of hydrogen-bond acceptors (Lipinski definition) is 2. The smallest absolute Gasteiger partial charge is 0.194 e. The fourth-order valence-corrected chi connectivity index (χ4v) is 2.64. The minimum atomic E-state index is 0.0295. The summed E-state index contributed by atoms with van der Waals surface area (Å²) >= 11 is 6.15. The molecule has 0 atom stereocenters. The molecule has 0 amide bonds. The predicted molar refractivity (Wildman–Crippen MR) is 90.0 cm³/mol. The Balaban J connectivity index is 2.51. The van der Waals surface area contributed by atoms with Crippen molar-refractivity contribution in [3.63, 3.8) is 0 Å². The monoisotopic (exact) mass is 302 g/mol. The highest BCUT2D eigenvalue weighted by Crippen LogP contribution is 2.20. The summed E-state index contributed by atoms with van der Waals surface area (Å²) < 4.78 is 0. The second-order valence-corrected chi connectivity index (χ2v) is 5.40. The van der Waals surface area contributed by atoms with Crippen molar-refractivity contribution in [1.29, 1.82) is 0 Å². The zero-order valence-electron chi connectivity index (χ0n) is 12.2. The van der Waals surface area contributed by atoms with E-state index in [1.807, 2.05) is 19.1 Å². The summed E-state index contributed by atoms with van der Waals surface area (Å²) in [5.41, 5.74) is 2.33. The molecule has 0 aliphatic heterocycles. The number of benzene rings is 1. The molecular formula is C17H19ClN2O. The van der Waals surface area contributed by atoms with Crippen LogP contribution in [0.2, 0.25) is 5.02 Å². The van der Waals surface area contributed by atoms with Crippen LogP contribution in [0.1, 0.15) is 11.3 Å². The average molecular weight is 303 g/mol. The van der Waals surface area contributed by atoms with Gasteiger partial charge in [-0.3, -0.25) is 9.69 Å². The molecule has 0 aliphatic carbocycles. The molecule has 0 saturated heterocycles. The molecule has 0 radical (unpaired) electrons. The SMILES string of the molecule is C=CCN(CC=C)Cc1c(C)[nH]c2c(Cl)cccc2c1=O. The van der Waals surface area contributed by atoms with Crippen LogP contribution in [0.25, 0.3) is 10.9 Å². The Morgan fingerprint density at radius 2 is 1.95 bits per heavy atom. The van der Waals surface area contributed by atoms with Crippen LogP contribution in [0, 0.1) is 6.92 Å². The fourth-order valence-electron chi connectivity index (χ4n) is 2.42. The average Bonchev–Trinajstić information content (AvgIpc) is 2.45. The summed E-state index contributed by atoms with van der Waals surface area (Å²) in [6.07, 6.45) is 3.65. The number of rotatable bonds is 6. The number of hydrogen-bond donors (Lipinski definition) is 1. The molecule has 4 heteroatoms. The van der Waals surface area contributed by atoms with Crippen LogP contribution < -0.4 is 5.43 Å². The van der Waals surface area contributed by atoms with E-state index in [-0.39, 0.29) is 5.43 Å². The van der Waals surface area contributed by atoms with Crippen LogP contribution in [0.3, 0.4) is 0 Å². The Morgan fingerprint density at radius 3 is 2.57 bits per heavy atom. The Hall–Kier alpha value is -1.84. The van der Waals surface area contributed by atoms with Crippen molar-refractivity contribution in [3.05, 3.63) is 70.0 Å². The lowest BCUT2D eigenvalue weighted by Crippen LogP contribution is -2.27. The third-order valence-electron chi connectivity index (χ3n) is 3.45. The lowest BCUT2D eigenvalue weighted by Gasteiger charge is -2.20. The number of para-hydroxylation sites is 1. The van der Waals surface area contributed by atoms with E-state index in [4.69, 9.17) is 11.6 Å². The predicted octanol–water partition coefficient (Wildman–Crippen LogP) is 3.66. The summed E-state index contributed by atoms with van der Waals surface area (Å²) in [7, 11) is 0. The molecule has 0 bridgehead atoms. The highest BCUT2D eigenvalue weighted by molar-refractivity contribution is 6.35. The third kappa shape index (κ3) is 3.26. The Kier molecular flexibility index (Phi) is 4.99. The molecule has 2 aromatic rings. The molecule has 0 aliphatic rings. The molecule has 2 rings (SSSR count). The van der Waals surface area contributed by atoms with Gasteiger partial charge in [0.2, 0.25) is 0 Å². The van der Waals surface area contributed by atoms with Gasteiger partial charge in [-0.25, -0.2) is 0 Å². The Morgan fingerprint density at radius 1 is 1.29 bits per heavy atom. The van der Waals surface area contributed by atoms with Gasteiger partial charge in [-0.05, 0) is 19.1 Å². The van der Waals surface area contributed by atoms with Gasteiger partial charge in [0.05, 0.1) is 10.5 Å². The van der Waals surface area contributed by atoms with E-state index >= 15 is 0 Å². The number of aryl methyl sites for hydroxylation is 1. The molecule has 1 N–H and O–H groups in total. The summed E-state index contributed by atoms with van der Waals surface area (Å²) in [5.74, 6) is 0. The van der Waals surface area contributed by atoms with Crippen molar-refractivity contribution in [2.45, 2.75) is 13.5 Å². The van der Waals surface area contributed by atoms with Crippen LogP contribution >= 0.6 is 11.6 Å². The largest absolute Gasteiger partial charge is 0.357 e. The summed E-state index contributed by atoms with van der Waals surface area (Å²) in [6.45, 7) is 11.4. The second kappa shape index (κ2) is 6.74. The molecule has 1 heterocycles. The first kappa shape index (κ1) is 15.5. The van der Waals surface area contributed by atoms with Crippen LogP contribution in [-0.2, 0) is 6.54 Å². The van der Waals surface area contributed by atoms with Crippen molar-refractivity contribution in [1.82, 2.24) is 9.88 Å². The van der Waals surface area contributed by atoms with Gasteiger partial charge in [-0.2, -0.15) is 0 Å². The maximum atomic E-state index is 12.7. The molecular weight excluding hydrogens is 284 g/mol. The summed E-state index contributed by atoms with van der Waals surface area (Å²) in [6, 6.07) is 5.37. The third-order valence-corrected chi connectivity index (χ3v) is 3.77. The van der Waals surface area contributed by atoms with E-state index in [1.54, 1.807) is 18.2 Å². The molecule has 1 aromatic carbocycles. The molecule has 1 aromatic heterocycles. The van der Waals surface area contributed by atoms with Gasteiger partial charge in [0.25, 0.3) is 0 Å². The molecule has 21 heavy (non-hydrogen) atoms. The van der Waals surface area contributed by atoms with Gasteiger partial charge in [0, 0.05) is 36.3 Å². The number of H-pyrrole nitrogens is 1. The molecule has 3 nitrogen and oxygen atoms in total. The van der Waals surface area contributed by atoms with Crippen LogP contribution in [0.4, 0.5) is 0 Å². The van der Waals surface area contributed by atoms with Gasteiger partial charge < -0.3 is 4.98 Å². The Labute approximate surface area is 129 Å². The molecule has 0 saturated carbocycles. The number of aromatic amines is 1. The summed E-state index contributed by atoms with van der Waals surface area (Å²) in [4.78, 5) is 18.0. The van der Waals surface area contributed by atoms with Gasteiger partial charge in [-0.1, -0.05) is 29.8 Å². The van der Waals surface area contributed by atoms with Crippen molar-refractivity contribution in [2.75, 3.05) is 13.1 Å². The van der Waals surface area contributed by atoms with E-state index < -0.39 is 0 Å². The maximum Gasteiger partial charge on any atom is 0.194 e. The first-order chi connectivity index (χ1) is 10.1. The normalized spacial score (nSPS) is 11.0. The van der Waals surface area contributed by atoms with Crippen molar-refractivity contribution in [3.8, 4) is 0 Å². The van der Waals surface area contributed by atoms with Crippen molar-refractivity contribution < 1.29 is 0 Å². The lowest BCUT2D eigenvalue weighted by molar-refractivity contribution is 0.326. The molecule has 0 spiro atoms. The van der Waals surface area contributed by atoms with Crippen molar-refractivity contribution >= 4 is 22.5 Å². The number of pyridine rings is 1. The van der Waals surface area contributed by atoms with E-state index in [2.05, 4.69) is 23.0 Å². The topological polar surface area (TPSA) is 36.1 Å². The Bertz CT molecular complexity index is 723.